The van der Waals surface area contributed by atoms with Gasteiger partial charge in [-0.15, -0.1) is 0 Å². The summed E-state index contributed by atoms with van der Waals surface area (Å²) in [5.74, 6) is -1.12. The highest BCUT2D eigenvalue weighted by atomic mass is 16.4. The molecule has 1 amide bonds. The molecule has 2 atom stereocenters. The number of rotatable bonds is 4. The Hall–Kier alpha value is -1.84. The van der Waals surface area contributed by atoms with Crippen molar-refractivity contribution in [1.82, 2.24) is 5.32 Å². The number of aliphatic carboxylic acids is 1. The molecule has 2 unspecified atom stereocenters. The third-order valence-corrected chi connectivity index (χ3v) is 3.54. The van der Waals surface area contributed by atoms with Crippen LogP contribution >= 0.6 is 0 Å². The monoisotopic (exact) mass is 247 g/mol. The van der Waals surface area contributed by atoms with Gasteiger partial charge in [-0.05, 0) is 30.9 Å². The maximum absolute atomic E-state index is 11.8. The molecule has 0 radical (unpaired) electrons. The Bertz CT molecular complexity index is 430. The van der Waals surface area contributed by atoms with E-state index in [4.69, 9.17) is 5.11 Å². The molecule has 0 spiro atoms. The molecule has 0 bridgehead atoms. The largest absolute Gasteiger partial charge is 0.481 e. The van der Waals surface area contributed by atoms with Gasteiger partial charge in [-0.25, -0.2) is 0 Å². The highest BCUT2D eigenvalue weighted by Crippen LogP contribution is 2.31. The molecule has 0 aromatic heterocycles. The first-order valence-electron chi connectivity index (χ1n) is 6.24. The fraction of sp³-hybridized carbons (Fsp3) is 0.429. The normalized spacial score (nSPS) is 22.7. The Morgan fingerprint density at radius 2 is 1.94 bits per heavy atom. The number of carbonyl (C=O) groups is 2. The van der Waals surface area contributed by atoms with Crippen molar-refractivity contribution < 1.29 is 14.7 Å². The average Bonchev–Trinajstić information content (AvgIpc) is 2.85. The van der Waals surface area contributed by atoms with Crippen LogP contribution in [-0.2, 0) is 4.79 Å². The van der Waals surface area contributed by atoms with Gasteiger partial charge in [-0.2, -0.15) is 0 Å². The van der Waals surface area contributed by atoms with Crippen molar-refractivity contribution >= 4 is 11.9 Å². The lowest BCUT2D eigenvalue weighted by atomic mass is 9.96. The average molecular weight is 247 g/mol. The zero-order valence-electron chi connectivity index (χ0n) is 10.1. The van der Waals surface area contributed by atoms with E-state index in [1.54, 1.807) is 12.1 Å². The highest BCUT2D eigenvalue weighted by Gasteiger charge is 2.32. The van der Waals surface area contributed by atoms with E-state index in [-0.39, 0.29) is 17.7 Å². The molecule has 4 nitrogen and oxygen atoms in total. The minimum atomic E-state index is -0.744. The van der Waals surface area contributed by atoms with E-state index in [0.29, 0.717) is 12.1 Å². The van der Waals surface area contributed by atoms with Crippen molar-refractivity contribution in [1.29, 1.82) is 0 Å². The topological polar surface area (TPSA) is 66.4 Å². The molecular formula is C14H17NO3. The van der Waals surface area contributed by atoms with E-state index in [1.165, 1.54) is 0 Å². The van der Waals surface area contributed by atoms with E-state index < -0.39 is 5.97 Å². The summed E-state index contributed by atoms with van der Waals surface area (Å²) in [5.41, 5.74) is 0.613. The molecule has 1 aromatic carbocycles. The minimum absolute atomic E-state index is 0.0650. The van der Waals surface area contributed by atoms with Crippen LogP contribution in [0.5, 0.6) is 0 Å². The molecule has 1 fully saturated rings. The Balaban J connectivity index is 1.88. The van der Waals surface area contributed by atoms with Crippen LogP contribution in [0.25, 0.3) is 0 Å². The van der Waals surface area contributed by atoms with E-state index in [2.05, 4.69) is 5.32 Å². The zero-order valence-corrected chi connectivity index (χ0v) is 10.1. The summed E-state index contributed by atoms with van der Waals surface area (Å²) in [6.45, 7) is 0.449. The third kappa shape index (κ3) is 2.88. The molecule has 1 aromatic rings. The quantitative estimate of drug-likeness (QED) is 0.854. The first-order valence-corrected chi connectivity index (χ1v) is 6.24. The van der Waals surface area contributed by atoms with Gasteiger partial charge in [0.15, 0.2) is 0 Å². The van der Waals surface area contributed by atoms with Crippen molar-refractivity contribution in [3.05, 3.63) is 35.9 Å². The second-order valence-electron chi connectivity index (χ2n) is 4.71. The molecule has 96 valence electrons. The van der Waals surface area contributed by atoms with Gasteiger partial charge in [-0.1, -0.05) is 24.6 Å². The fourth-order valence-corrected chi connectivity index (χ4v) is 2.52. The maximum Gasteiger partial charge on any atom is 0.306 e. The lowest BCUT2D eigenvalue weighted by Crippen LogP contribution is -2.32. The number of hydrogen-bond acceptors (Lipinski definition) is 2. The summed E-state index contributed by atoms with van der Waals surface area (Å²) in [5, 5.41) is 11.9. The molecule has 2 N–H and O–H groups in total. The van der Waals surface area contributed by atoms with Crippen LogP contribution in [0.15, 0.2) is 30.3 Å². The number of carbonyl (C=O) groups excluding carboxylic acids is 1. The molecular weight excluding hydrogens is 230 g/mol. The second-order valence-corrected chi connectivity index (χ2v) is 4.71. The summed E-state index contributed by atoms with van der Waals surface area (Å²) in [6, 6.07) is 8.97. The molecule has 1 aliphatic carbocycles. The SMILES string of the molecule is O=C(NCC1CCCC1C(=O)O)c1ccccc1. The molecule has 1 aliphatic rings. The van der Waals surface area contributed by atoms with Gasteiger partial charge in [0.25, 0.3) is 5.91 Å². The minimum Gasteiger partial charge on any atom is -0.481 e. The van der Waals surface area contributed by atoms with E-state index >= 15 is 0 Å². The van der Waals surface area contributed by atoms with E-state index in [0.717, 1.165) is 19.3 Å². The lowest BCUT2D eigenvalue weighted by molar-refractivity contribution is -0.142. The Morgan fingerprint density at radius 1 is 1.22 bits per heavy atom. The van der Waals surface area contributed by atoms with Gasteiger partial charge in [0.2, 0.25) is 0 Å². The van der Waals surface area contributed by atoms with Crippen LogP contribution in [-0.4, -0.2) is 23.5 Å². The predicted molar refractivity (Wildman–Crippen MR) is 67.2 cm³/mol. The molecule has 1 saturated carbocycles. The summed E-state index contributed by atoms with van der Waals surface area (Å²) in [4.78, 5) is 22.8. The summed E-state index contributed by atoms with van der Waals surface area (Å²) in [6.07, 6.45) is 2.54. The van der Waals surface area contributed by atoms with Gasteiger partial charge in [0.1, 0.15) is 0 Å². The molecule has 0 heterocycles. The zero-order chi connectivity index (χ0) is 13.0. The van der Waals surface area contributed by atoms with Crippen LogP contribution in [0.3, 0.4) is 0 Å². The van der Waals surface area contributed by atoms with E-state index in [9.17, 15) is 9.59 Å². The second kappa shape index (κ2) is 5.67. The highest BCUT2D eigenvalue weighted by molar-refractivity contribution is 5.94. The first-order chi connectivity index (χ1) is 8.68. The molecule has 4 heteroatoms. The smallest absolute Gasteiger partial charge is 0.306 e. The van der Waals surface area contributed by atoms with Gasteiger partial charge in [0, 0.05) is 12.1 Å². The Labute approximate surface area is 106 Å². The molecule has 2 rings (SSSR count). The number of amides is 1. The molecule has 18 heavy (non-hydrogen) atoms. The fourth-order valence-electron chi connectivity index (χ4n) is 2.52. The van der Waals surface area contributed by atoms with Crippen LogP contribution in [0.4, 0.5) is 0 Å². The summed E-state index contributed by atoms with van der Waals surface area (Å²) in [7, 11) is 0. The number of carboxylic acid groups (broad SMARTS) is 1. The third-order valence-electron chi connectivity index (χ3n) is 3.54. The van der Waals surface area contributed by atoms with Crippen LogP contribution in [0.2, 0.25) is 0 Å². The molecule has 0 aliphatic heterocycles. The summed E-state index contributed by atoms with van der Waals surface area (Å²) >= 11 is 0. The van der Waals surface area contributed by atoms with Crippen LogP contribution < -0.4 is 5.32 Å². The van der Waals surface area contributed by atoms with Gasteiger partial charge < -0.3 is 10.4 Å². The summed E-state index contributed by atoms with van der Waals surface area (Å²) < 4.78 is 0. The number of nitrogens with one attached hydrogen (secondary N) is 1. The van der Waals surface area contributed by atoms with Crippen LogP contribution in [0.1, 0.15) is 29.6 Å². The number of benzene rings is 1. The van der Waals surface area contributed by atoms with Crippen LogP contribution in [0, 0.1) is 11.8 Å². The van der Waals surface area contributed by atoms with Crippen molar-refractivity contribution in [2.24, 2.45) is 11.8 Å². The Morgan fingerprint density at radius 3 is 2.61 bits per heavy atom. The Kier molecular flexibility index (Phi) is 3.97. The van der Waals surface area contributed by atoms with Crippen molar-refractivity contribution in [3.8, 4) is 0 Å². The van der Waals surface area contributed by atoms with Gasteiger partial charge in [0.05, 0.1) is 5.92 Å². The molecule has 0 saturated heterocycles. The number of hydrogen-bond donors (Lipinski definition) is 2. The van der Waals surface area contributed by atoms with Crippen molar-refractivity contribution in [2.45, 2.75) is 19.3 Å². The lowest BCUT2D eigenvalue weighted by Gasteiger charge is -2.16. The number of carboxylic acids is 1. The van der Waals surface area contributed by atoms with Crippen molar-refractivity contribution in [3.63, 3.8) is 0 Å². The predicted octanol–water partition coefficient (Wildman–Crippen LogP) is 1.92. The first kappa shape index (κ1) is 12.6. The van der Waals surface area contributed by atoms with Crippen molar-refractivity contribution in [2.75, 3.05) is 6.54 Å². The maximum atomic E-state index is 11.8. The standard InChI is InChI=1S/C14H17NO3/c16-13(10-5-2-1-3-6-10)15-9-11-7-4-8-12(11)14(17)18/h1-3,5-6,11-12H,4,7-9H2,(H,15,16)(H,17,18). The van der Waals surface area contributed by atoms with E-state index in [1.807, 2.05) is 18.2 Å². The van der Waals surface area contributed by atoms with Gasteiger partial charge in [-0.3, -0.25) is 9.59 Å². The van der Waals surface area contributed by atoms with Gasteiger partial charge >= 0.3 is 5.97 Å².